The lowest BCUT2D eigenvalue weighted by molar-refractivity contribution is 0.0958. The van der Waals surface area contributed by atoms with Crippen molar-refractivity contribution >= 4 is 34.4 Å². The summed E-state index contributed by atoms with van der Waals surface area (Å²) in [4.78, 5) is 32.2. The number of aromatic nitrogens is 2. The van der Waals surface area contributed by atoms with Crippen LogP contribution in [0.15, 0.2) is 65.2 Å². The molecule has 0 aliphatic heterocycles. The molecule has 0 aliphatic rings. The van der Waals surface area contributed by atoms with Crippen molar-refractivity contribution in [2.24, 2.45) is 0 Å². The molecule has 2 heterocycles. The van der Waals surface area contributed by atoms with Gasteiger partial charge in [0.25, 0.3) is 5.91 Å². The number of oxazole rings is 1. The number of rotatable bonds is 5. The minimum absolute atomic E-state index is 0.258. The third-order valence-corrected chi connectivity index (χ3v) is 4.29. The quantitative estimate of drug-likeness (QED) is 0.445. The number of hydrogen-bond acceptors (Lipinski definition) is 6. The van der Waals surface area contributed by atoms with Gasteiger partial charge < -0.3 is 25.1 Å². The summed E-state index contributed by atoms with van der Waals surface area (Å²) in [6, 6.07) is 14.9. The first kappa shape index (κ1) is 19.9. The zero-order chi connectivity index (χ0) is 21.8. The highest BCUT2D eigenvalue weighted by Gasteiger charge is 2.09. The lowest BCUT2D eigenvalue weighted by Crippen LogP contribution is -2.19. The average molecular weight is 417 g/mol. The van der Waals surface area contributed by atoms with E-state index in [0.717, 1.165) is 5.52 Å². The Hall–Kier alpha value is -4.40. The second-order valence-electron chi connectivity index (χ2n) is 6.58. The molecule has 3 N–H and O–H groups in total. The lowest BCUT2D eigenvalue weighted by atomic mass is 10.3. The second-order valence-corrected chi connectivity index (χ2v) is 6.58. The average Bonchev–Trinajstić information content (AvgIpc) is 3.14. The van der Waals surface area contributed by atoms with E-state index in [9.17, 15) is 9.59 Å². The fourth-order valence-electron chi connectivity index (χ4n) is 2.88. The lowest BCUT2D eigenvalue weighted by Gasteiger charge is -2.10. The molecule has 2 aromatic carbocycles. The maximum atomic E-state index is 12.3. The first-order valence-electron chi connectivity index (χ1n) is 9.41. The number of hydrogen-bond donors (Lipinski definition) is 3. The van der Waals surface area contributed by atoms with E-state index < -0.39 is 6.03 Å². The van der Waals surface area contributed by atoms with E-state index in [1.165, 1.54) is 13.2 Å². The molecule has 0 unspecified atom stereocenters. The van der Waals surface area contributed by atoms with Crippen molar-refractivity contribution in [1.29, 1.82) is 0 Å². The number of nitrogens with one attached hydrogen (secondary N) is 3. The van der Waals surface area contributed by atoms with E-state index in [0.29, 0.717) is 34.3 Å². The molecule has 3 amide bonds. The summed E-state index contributed by atoms with van der Waals surface area (Å²) in [5.74, 6) is 1.29. The van der Waals surface area contributed by atoms with Crippen molar-refractivity contribution < 1.29 is 18.7 Å². The molecule has 0 aliphatic carbocycles. The minimum atomic E-state index is -0.395. The monoisotopic (exact) mass is 417 g/mol. The maximum Gasteiger partial charge on any atom is 0.323 e. The van der Waals surface area contributed by atoms with Gasteiger partial charge >= 0.3 is 6.03 Å². The Morgan fingerprint density at radius 3 is 2.45 bits per heavy atom. The SMILES string of the molecule is CNC(=O)c1cc(Oc2ccc(NC(=O)Nc3ccc4nc(C)oc4c3)cc2)ccn1. The number of anilines is 2. The Morgan fingerprint density at radius 1 is 0.935 bits per heavy atom. The van der Waals surface area contributed by atoms with Crippen molar-refractivity contribution in [1.82, 2.24) is 15.3 Å². The van der Waals surface area contributed by atoms with E-state index in [-0.39, 0.29) is 11.6 Å². The smallest absolute Gasteiger partial charge is 0.323 e. The normalized spacial score (nSPS) is 10.5. The van der Waals surface area contributed by atoms with Crippen LogP contribution in [0.4, 0.5) is 16.2 Å². The van der Waals surface area contributed by atoms with Crippen molar-refractivity contribution in [3.05, 3.63) is 72.4 Å². The number of fused-ring (bicyclic) bond motifs is 1. The van der Waals surface area contributed by atoms with Crippen LogP contribution in [0, 0.1) is 6.92 Å². The predicted molar refractivity (Wildman–Crippen MR) is 116 cm³/mol. The number of pyridine rings is 1. The first-order chi connectivity index (χ1) is 15.0. The van der Waals surface area contributed by atoms with Gasteiger partial charge in [-0.3, -0.25) is 9.78 Å². The number of ether oxygens (including phenoxy) is 1. The molecule has 0 atom stereocenters. The third kappa shape index (κ3) is 4.78. The largest absolute Gasteiger partial charge is 0.457 e. The van der Waals surface area contributed by atoms with E-state index in [2.05, 4.69) is 25.9 Å². The molecule has 4 rings (SSSR count). The van der Waals surface area contributed by atoms with Gasteiger partial charge in [0.15, 0.2) is 11.5 Å². The number of nitrogens with zero attached hydrogens (tertiary/aromatic N) is 2. The van der Waals surface area contributed by atoms with Gasteiger partial charge in [-0.05, 0) is 42.5 Å². The summed E-state index contributed by atoms with van der Waals surface area (Å²) in [5.41, 5.74) is 2.77. The van der Waals surface area contributed by atoms with Crippen LogP contribution in [-0.2, 0) is 0 Å². The molecule has 156 valence electrons. The molecule has 2 aromatic heterocycles. The van der Waals surface area contributed by atoms with Crippen molar-refractivity contribution in [2.45, 2.75) is 6.92 Å². The highest BCUT2D eigenvalue weighted by molar-refractivity contribution is 6.00. The van der Waals surface area contributed by atoms with Gasteiger partial charge in [0.05, 0.1) is 0 Å². The van der Waals surface area contributed by atoms with Gasteiger partial charge in [-0.2, -0.15) is 0 Å². The molecular formula is C22H19N5O4. The van der Waals surface area contributed by atoms with Crippen LogP contribution in [-0.4, -0.2) is 29.0 Å². The number of benzene rings is 2. The Balaban J connectivity index is 1.37. The highest BCUT2D eigenvalue weighted by atomic mass is 16.5. The number of carbonyl (C=O) groups excluding carboxylic acids is 2. The van der Waals surface area contributed by atoms with E-state index in [1.807, 2.05) is 0 Å². The summed E-state index contributed by atoms with van der Waals surface area (Å²) in [6.07, 6.45) is 1.50. The molecule has 0 radical (unpaired) electrons. The van der Waals surface area contributed by atoms with Gasteiger partial charge in [-0.1, -0.05) is 0 Å². The van der Waals surface area contributed by atoms with Crippen LogP contribution in [0.25, 0.3) is 11.1 Å². The molecule has 0 saturated heterocycles. The zero-order valence-corrected chi connectivity index (χ0v) is 16.8. The second kappa shape index (κ2) is 8.54. The summed E-state index contributed by atoms with van der Waals surface area (Å²) < 4.78 is 11.2. The summed E-state index contributed by atoms with van der Waals surface area (Å²) in [6.45, 7) is 1.77. The Kier molecular flexibility index (Phi) is 5.48. The summed E-state index contributed by atoms with van der Waals surface area (Å²) >= 11 is 0. The third-order valence-electron chi connectivity index (χ3n) is 4.29. The van der Waals surface area contributed by atoms with E-state index in [4.69, 9.17) is 9.15 Å². The van der Waals surface area contributed by atoms with Crippen LogP contribution in [0.5, 0.6) is 11.5 Å². The Bertz CT molecular complexity index is 1250. The standard InChI is InChI=1S/C22H19N5O4/c1-13-25-18-8-5-15(11-20(18)30-13)27-22(29)26-14-3-6-16(7-4-14)31-17-9-10-24-19(12-17)21(28)23-2/h3-12H,1-2H3,(H,23,28)(H2,26,27,29). The minimum Gasteiger partial charge on any atom is -0.457 e. The molecule has 0 bridgehead atoms. The number of urea groups is 1. The molecule has 0 saturated carbocycles. The summed E-state index contributed by atoms with van der Waals surface area (Å²) in [7, 11) is 1.53. The van der Waals surface area contributed by atoms with Crippen LogP contribution < -0.4 is 20.7 Å². The van der Waals surface area contributed by atoms with Crippen molar-refractivity contribution in [3.63, 3.8) is 0 Å². The van der Waals surface area contributed by atoms with Gasteiger partial charge in [-0.15, -0.1) is 0 Å². The molecule has 4 aromatic rings. The summed E-state index contributed by atoms with van der Waals surface area (Å²) in [5, 5.41) is 8.02. The molecule has 31 heavy (non-hydrogen) atoms. The molecule has 0 fully saturated rings. The first-order valence-corrected chi connectivity index (χ1v) is 9.41. The maximum absolute atomic E-state index is 12.3. The number of carbonyl (C=O) groups is 2. The van der Waals surface area contributed by atoms with Gasteiger partial charge in [-0.25, -0.2) is 9.78 Å². The van der Waals surface area contributed by atoms with E-state index in [1.54, 1.807) is 61.5 Å². The highest BCUT2D eigenvalue weighted by Crippen LogP contribution is 2.24. The van der Waals surface area contributed by atoms with Crippen LogP contribution in [0.1, 0.15) is 16.4 Å². The van der Waals surface area contributed by atoms with E-state index >= 15 is 0 Å². The molecule has 0 spiro atoms. The molecule has 9 heteroatoms. The number of amides is 3. The van der Waals surface area contributed by atoms with Gasteiger partial charge in [0.1, 0.15) is 22.7 Å². The van der Waals surface area contributed by atoms with Crippen LogP contribution >= 0.6 is 0 Å². The fourth-order valence-corrected chi connectivity index (χ4v) is 2.88. The van der Waals surface area contributed by atoms with Gasteiger partial charge in [0.2, 0.25) is 0 Å². The van der Waals surface area contributed by atoms with Crippen LogP contribution in [0.3, 0.4) is 0 Å². The Labute approximate surface area is 177 Å². The van der Waals surface area contributed by atoms with Crippen molar-refractivity contribution in [3.8, 4) is 11.5 Å². The van der Waals surface area contributed by atoms with Crippen molar-refractivity contribution in [2.75, 3.05) is 17.7 Å². The topological polar surface area (TPSA) is 118 Å². The fraction of sp³-hybridized carbons (Fsp3) is 0.0909. The molecular weight excluding hydrogens is 398 g/mol. The number of aryl methyl sites for hydroxylation is 1. The predicted octanol–water partition coefficient (Wildman–Crippen LogP) is 4.33. The molecule has 9 nitrogen and oxygen atoms in total. The van der Waals surface area contributed by atoms with Gasteiger partial charge in [0, 0.05) is 43.7 Å². The van der Waals surface area contributed by atoms with Crippen LogP contribution in [0.2, 0.25) is 0 Å². The zero-order valence-electron chi connectivity index (χ0n) is 16.8. The Morgan fingerprint density at radius 2 is 1.68 bits per heavy atom.